The van der Waals surface area contributed by atoms with E-state index in [1.165, 1.54) is 31.4 Å². The van der Waals surface area contributed by atoms with Crippen LogP contribution in [0.3, 0.4) is 0 Å². The molecule has 0 bridgehead atoms. The molecule has 1 heterocycles. The van der Waals surface area contributed by atoms with E-state index in [-0.39, 0.29) is 24.0 Å². The van der Waals surface area contributed by atoms with E-state index in [1.54, 1.807) is 0 Å². The number of guanidine groups is 1. The van der Waals surface area contributed by atoms with Crippen molar-refractivity contribution in [3.05, 3.63) is 17.5 Å². The Balaban J connectivity index is 0.00000288. The van der Waals surface area contributed by atoms with Crippen LogP contribution in [0.2, 0.25) is 0 Å². The van der Waals surface area contributed by atoms with Crippen LogP contribution in [0.1, 0.15) is 50.9 Å². The van der Waals surface area contributed by atoms with Gasteiger partial charge >= 0.3 is 0 Å². The van der Waals surface area contributed by atoms with Crippen LogP contribution in [0.4, 0.5) is 0 Å². The highest BCUT2D eigenvalue weighted by molar-refractivity contribution is 14.0. The Labute approximate surface area is 164 Å². The summed E-state index contributed by atoms with van der Waals surface area (Å²) in [5.74, 6) is 2.31. The Morgan fingerprint density at radius 3 is 2.54 bits per heavy atom. The molecule has 0 aromatic carbocycles. The fourth-order valence-electron chi connectivity index (χ4n) is 3.28. The van der Waals surface area contributed by atoms with E-state index in [1.807, 2.05) is 14.0 Å². The van der Waals surface area contributed by atoms with Crippen molar-refractivity contribution >= 4 is 29.9 Å². The number of halogens is 1. The predicted octanol–water partition coefficient (Wildman–Crippen LogP) is 3.50. The Hall–Kier alpha value is -0.790. The molecule has 1 atom stereocenters. The van der Waals surface area contributed by atoms with E-state index in [0.717, 1.165) is 30.7 Å². The number of nitrogens with one attached hydrogen (secondary N) is 2. The summed E-state index contributed by atoms with van der Waals surface area (Å²) in [5.41, 5.74) is 2.32. The average molecular weight is 447 g/mol. The highest BCUT2D eigenvalue weighted by atomic mass is 127. The van der Waals surface area contributed by atoms with Crippen molar-refractivity contribution < 1.29 is 0 Å². The van der Waals surface area contributed by atoms with E-state index >= 15 is 0 Å². The van der Waals surface area contributed by atoms with Gasteiger partial charge in [-0.25, -0.2) is 0 Å². The SMILES string of the molecule is CN=C(NCC(C)Cn1nc(C)cc1C)NC1CCC(C)CC1.I. The van der Waals surface area contributed by atoms with Crippen LogP contribution >= 0.6 is 24.0 Å². The van der Waals surface area contributed by atoms with Crippen LogP contribution in [-0.4, -0.2) is 35.4 Å². The maximum atomic E-state index is 4.54. The molecule has 0 saturated heterocycles. The van der Waals surface area contributed by atoms with Crippen molar-refractivity contribution in [2.45, 2.75) is 66.0 Å². The van der Waals surface area contributed by atoms with E-state index in [9.17, 15) is 0 Å². The molecule has 2 N–H and O–H groups in total. The van der Waals surface area contributed by atoms with Gasteiger partial charge in [-0.05, 0) is 57.4 Å². The summed E-state index contributed by atoms with van der Waals surface area (Å²) in [5, 5.41) is 11.6. The van der Waals surface area contributed by atoms with Gasteiger partial charge < -0.3 is 10.6 Å². The Kier molecular flexibility index (Phi) is 9.08. The monoisotopic (exact) mass is 447 g/mol. The lowest BCUT2D eigenvalue weighted by molar-refractivity contribution is 0.328. The molecule has 0 spiro atoms. The summed E-state index contributed by atoms with van der Waals surface area (Å²) in [4.78, 5) is 4.37. The van der Waals surface area contributed by atoms with Crippen molar-refractivity contribution in [2.75, 3.05) is 13.6 Å². The molecule has 138 valence electrons. The van der Waals surface area contributed by atoms with Crippen molar-refractivity contribution in [1.82, 2.24) is 20.4 Å². The van der Waals surface area contributed by atoms with Gasteiger partial charge in [-0.2, -0.15) is 5.10 Å². The first-order valence-electron chi connectivity index (χ1n) is 8.96. The average Bonchev–Trinajstić information content (AvgIpc) is 2.83. The summed E-state index contributed by atoms with van der Waals surface area (Å²) < 4.78 is 2.10. The molecule has 0 amide bonds. The van der Waals surface area contributed by atoms with Gasteiger partial charge in [0.1, 0.15) is 0 Å². The van der Waals surface area contributed by atoms with E-state index in [0.29, 0.717) is 12.0 Å². The zero-order valence-electron chi connectivity index (χ0n) is 15.8. The summed E-state index contributed by atoms with van der Waals surface area (Å²) in [6.45, 7) is 10.6. The standard InChI is InChI=1S/C18H33N5.HI/c1-13-6-8-17(9-7-13)21-18(19-5)20-11-14(2)12-23-16(4)10-15(3)22-23;/h10,13-14,17H,6-9,11-12H2,1-5H3,(H2,19,20,21);1H. The number of nitrogens with zero attached hydrogens (tertiary/aromatic N) is 3. The van der Waals surface area contributed by atoms with Crippen molar-refractivity contribution in [3.63, 3.8) is 0 Å². The predicted molar refractivity (Wildman–Crippen MR) is 112 cm³/mol. The number of rotatable bonds is 5. The molecule has 5 nitrogen and oxygen atoms in total. The number of aliphatic imine (C=N–C) groups is 1. The van der Waals surface area contributed by atoms with Gasteiger partial charge in [0.2, 0.25) is 0 Å². The second-order valence-electron chi connectivity index (χ2n) is 7.27. The maximum Gasteiger partial charge on any atom is 0.191 e. The summed E-state index contributed by atoms with van der Waals surface area (Å²) in [6, 6.07) is 2.70. The summed E-state index contributed by atoms with van der Waals surface area (Å²) in [6.07, 6.45) is 5.15. The fourth-order valence-corrected chi connectivity index (χ4v) is 3.28. The Bertz CT molecular complexity index is 517. The minimum Gasteiger partial charge on any atom is -0.356 e. The van der Waals surface area contributed by atoms with Gasteiger partial charge in [0.15, 0.2) is 5.96 Å². The second-order valence-corrected chi connectivity index (χ2v) is 7.27. The number of hydrogen-bond acceptors (Lipinski definition) is 2. The highest BCUT2D eigenvalue weighted by Crippen LogP contribution is 2.23. The first-order chi connectivity index (χ1) is 11.0. The van der Waals surface area contributed by atoms with E-state index in [4.69, 9.17) is 0 Å². The van der Waals surface area contributed by atoms with Crippen LogP contribution in [0.15, 0.2) is 11.1 Å². The molecular weight excluding hydrogens is 413 g/mol. The van der Waals surface area contributed by atoms with Gasteiger partial charge in [0.05, 0.1) is 5.69 Å². The van der Waals surface area contributed by atoms with Crippen molar-refractivity contribution in [3.8, 4) is 0 Å². The molecule has 2 rings (SSSR count). The highest BCUT2D eigenvalue weighted by Gasteiger charge is 2.19. The summed E-state index contributed by atoms with van der Waals surface area (Å²) >= 11 is 0. The minimum atomic E-state index is 0. The topological polar surface area (TPSA) is 54.2 Å². The molecule has 1 fully saturated rings. The quantitative estimate of drug-likeness (QED) is 0.413. The van der Waals surface area contributed by atoms with Crippen LogP contribution < -0.4 is 10.6 Å². The molecule has 1 aliphatic rings. The zero-order valence-corrected chi connectivity index (χ0v) is 18.1. The number of aryl methyl sites for hydroxylation is 2. The minimum absolute atomic E-state index is 0. The summed E-state index contributed by atoms with van der Waals surface area (Å²) in [7, 11) is 1.85. The fraction of sp³-hybridized carbons (Fsp3) is 0.778. The largest absolute Gasteiger partial charge is 0.356 e. The van der Waals surface area contributed by atoms with Crippen molar-refractivity contribution in [2.24, 2.45) is 16.8 Å². The molecule has 1 aromatic heterocycles. The molecule has 6 heteroatoms. The van der Waals surface area contributed by atoms with E-state index < -0.39 is 0 Å². The zero-order chi connectivity index (χ0) is 16.8. The third-order valence-corrected chi connectivity index (χ3v) is 4.79. The van der Waals surface area contributed by atoms with Crippen LogP contribution in [0, 0.1) is 25.7 Å². The lowest BCUT2D eigenvalue weighted by atomic mass is 9.87. The first kappa shape index (κ1) is 21.3. The molecule has 0 radical (unpaired) electrons. The van der Waals surface area contributed by atoms with Crippen molar-refractivity contribution in [1.29, 1.82) is 0 Å². The lowest BCUT2D eigenvalue weighted by Crippen LogP contribution is -2.46. The van der Waals surface area contributed by atoms with Gasteiger partial charge in [-0.15, -0.1) is 24.0 Å². The molecular formula is C18H34IN5. The van der Waals surface area contributed by atoms with Crippen LogP contribution in [-0.2, 0) is 6.54 Å². The van der Waals surface area contributed by atoms with E-state index in [2.05, 4.69) is 52.2 Å². The molecule has 1 saturated carbocycles. The molecule has 1 aliphatic carbocycles. The normalized spacial score (nSPS) is 22.6. The van der Waals surface area contributed by atoms with Crippen LogP contribution in [0.5, 0.6) is 0 Å². The van der Waals surface area contributed by atoms with Crippen LogP contribution in [0.25, 0.3) is 0 Å². The molecule has 1 unspecified atom stereocenters. The number of aromatic nitrogens is 2. The third kappa shape index (κ3) is 6.61. The third-order valence-electron chi connectivity index (χ3n) is 4.79. The lowest BCUT2D eigenvalue weighted by Gasteiger charge is -2.28. The van der Waals surface area contributed by atoms with Gasteiger partial charge in [0.25, 0.3) is 0 Å². The smallest absolute Gasteiger partial charge is 0.191 e. The number of hydrogen-bond donors (Lipinski definition) is 2. The Morgan fingerprint density at radius 2 is 2.00 bits per heavy atom. The molecule has 0 aliphatic heterocycles. The van der Waals surface area contributed by atoms with Gasteiger partial charge in [-0.3, -0.25) is 9.67 Å². The maximum absolute atomic E-state index is 4.54. The Morgan fingerprint density at radius 1 is 1.33 bits per heavy atom. The molecule has 1 aromatic rings. The van der Waals surface area contributed by atoms with Gasteiger partial charge in [0, 0.05) is 31.9 Å². The second kappa shape index (κ2) is 10.3. The van der Waals surface area contributed by atoms with Gasteiger partial charge in [-0.1, -0.05) is 13.8 Å². The molecule has 24 heavy (non-hydrogen) atoms. The first-order valence-corrected chi connectivity index (χ1v) is 8.96.